The highest BCUT2D eigenvalue weighted by molar-refractivity contribution is 6.34. The quantitative estimate of drug-likeness (QED) is 0.812. The predicted octanol–water partition coefficient (Wildman–Crippen LogP) is 3.85. The number of amides is 1. The smallest absolute Gasteiger partial charge is 0.253 e. The topological polar surface area (TPSA) is 64.3 Å². The van der Waals surface area contributed by atoms with E-state index in [9.17, 15) is 4.79 Å². The van der Waals surface area contributed by atoms with Crippen LogP contribution in [0.5, 0.6) is 0 Å². The van der Waals surface area contributed by atoms with E-state index in [-0.39, 0.29) is 5.91 Å². The van der Waals surface area contributed by atoms with Gasteiger partial charge in [0.25, 0.3) is 5.91 Å². The number of rotatable bonds is 5. The minimum atomic E-state index is -0.486. The summed E-state index contributed by atoms with van der Waals surface area (Å²) in [6.07, 6.45) is 5.80. The van der Waals surface area contributed by atoms with E-state index < -0.39 is 6.10 Å². The summed E-state index contributed by atoms with van der Waals surface area (Å²) < 4.78 is 5.70. The molecule has 116 valence electrons. The van der Waals surface area contributed by atoms with Crippen LogP contribution in [0, 0.1) is 5.92 Å². The van der Waals surface area contributed by atoms with E-state index in [4.69, 9.17) is 22.1 Å². The second-order valence-corrected chi connectivity index (χ2v) is 6.12. The maximum Gasteiger partial charge on any atom is 0.253 e. The highest BCUT2D eigenvalue weighted by Crippen LogP contribution is 2.25. The van der Waals surface area contributed by atoms with Gasteiger partial charge >= 0.3 is 0 Å². The number of ether oxygens (including phenoxy) is 1. The van der Waals surface area contributed by atoms with E-state index >= 15 is 0 Å². The Balaban J connectivity index is 1.81. The molecule has 21 heavy (non-hydrogen) atoms. The molecule has 3 N–H and O–H groups in total. The van der Waals surface area contributed by atoms with E-state index in [1.807, 2.05) is 0 Å². The summed E-state index contributed by atoms with van der Waals surface area (Å²) >= 11 is 6.04. The summed E-state index contributed by atoms with van der Waals surface area (Å²) in [5.41, 5.74) is 6.75. The minimum absolute atomic E-state index is 0.183. The van der Waals surface area contributed by atoms with E-state index in [0.717, 1.165) is 0 Å². The number of nitrogens with one attached hydrogen (secondary N) is 1. The molecule has 0 bridgehead atoms. The number of hydrogen-bond acceptors (Lipinski definition) is 3. The van der Waals surface area contributed by atoms with Crippen molar-refractivity contribution in [2.75, 3.05) is 17.7 Å². The SMILES string of the molecule is CC(OCC1CCCCC1)C(=O)Nc1ccc(N)cc1Cl. The van der Waals surface area contributed by atoms with Crippen LogP contribution >= 0.6 is 11.6 Å². The Morgan fingerprint density at radius 1 is 1.43 bits per heavy atom. The van der Waals surface area contributed by atoms with Gasteiger partial charge in [-0.3, -0.25) is 4.79 Å². The van der Waals surface area contributed by atoms with Gasteiger partial charge < -0.3 is 15.8 Å². The Kier molecular flexibility index (Phi) is 5.88. The number of halogens is 1. The Bertz CT molecular complexity index is 487. The lowest BCUT2D eigenvalue weighted by atomic mass is 9.90. The standard InChI is InChI=1S/C16H23ClN2O2/c1-11(21-10-12-5-3-2-4-6-12)16(20)19-15-8-7-13(18)9-14(15)17/h7-9,11-12H,2-6,10,18H2,1H3,(H,19,20). The molecule has 1 fully saturated rings. The van der Waals surface area contributed by atoms with Crippen molar-refractivity contribution in [3.05, 3.63) is 23.2 Å². The lowest BCUT2D eigenvalue weighted by Crippen LogP contribution is -2.30. The number of nitrogen functional groups attached to an aromatic ring is 1. The molecule has 0 radical (unpaired) electrons. The number of nitrogens with two attached hydrogens (primary N) is 1. The third kappa shape index (κ3) is 4.90. The first-order valence-electron chi connectivity index (χ1n) is 7.53. The lowest BCUT2D eigenvalue weighted by Gasteiger charge is -2.23. The van der Waals surface area contributed by atoms with Gasteiger partial charge in [0.2, 0.25) is 0 Å². The molecule has 1 saturated carbocycles. The van der Waals surface area contributed by atoms with Crippen LogP contribution in [0.25, 0.3) is 0 Å². The molecule has 1 aliphatic rings. The van der Waals surface area contributed by atoms with Crippen molar-refractivity contribution in [1.29, 1.82) is 0 Å². The van der Waals surface area contributed by atoms with Crippen molar-refractivity contribution in [3.63, 3.8) is 0 Å². The van der Waals surface area contributed by atoms with Crippen LogP contribution in [0.2, 0.25) is 5.02 Å². The first-order valence-corrected chi connectivity index (χ1v) is 7.91. The lowest BCUT2D eigenvalue weighted by molar-refractivity contribution is -0.127. The summed E-state index contributed by atoms with van der Waals surface area (Å²) in [5, 5.41) is 3.21. The van der Waals surface area contributed by atoms with Crippen molar-refractivity contribution in [2.24, 2.45) is 5.92 Å². The minimum Gasteiger partial charge on any atom is -0.399 e. The van der Waals surface area contributed by atoms with Crippen molar-refractivity contribution < 1.29 is 9.53 Å². The molecule has 1 amide bonds. The summed E-state index contributed by atoms with van der Waals surface area (Å²) in [5.74, 6) is 0.409. The molecule has 4 nitrogen and oxygen atoms in total. The Morgan fingerprint density at radius 3 is 2.81 bits per heavy atom. The first-order chi connectivity index (χ1) is 10.1. The molecule has 1 atom stereocenters. The van der Waals surface area contributed by atoms with Gasteiger partial charge in [0, 0.05) is 5.69 Å². The third-order valence-electron chi connectivity index (χ3n) is 3.93. The highest BCUT2D eigenvalue weighted by Gasteiger charge is 2.19. The molecule has 0 heterocycles. The van der Waals surface area contributed by atoms with Crippen LogP contribution in [0.1, 0.15) is 39.0 Å². The monoisotopic (exact) mass is 310 g/mol. The fourth-order valence-corrected chi connectivity index (χ4v) is 2.81. The van der Waals surface area contributed by atoms with Crippen LogP contribution in [-0.2, 0) is 9.53 Å². The number of carbonyl (C=O) groups is 1. The zero-order valence-electron chi connectivity index (χ0n) is 12.4. The molecule has 2 rings (SSSR count). The fraction of sp³-hybridized carbons (Fsp3) is 0.562. The van der Waals surface area contributed by atoms with Crippen LogP contribution in [0.15, 0.2) is 18.2 Å². The highest BCUT2D eigenvalue weighted by atomic mass is 35.5. The summed E-state index contributed by atoms with van der Waals surface area (Å²) in [6.45, 7) is 2.42. The molecule has 1 aromatic carbocycles. The number of carbonyl (C=O) groups excluding carboxylic acids is 1. The van der Waals surface area contributed by atoms with E-state index in [0.29, 0.717) is 28.9 Å². The molecule has 0 aromatic heterocycles. The zero-order chi connectivity index (χ0) is 15.2. The molecule has 0 spiro atoms. The van der Waals surface area contributed by atoms with Crippen LogP contribution in [-0.4, -0.2) is 18.6 Å². The molecule has 1 aliphatic carbocycles. The molecule has 5 heteroatoms. The number of hydrogen-bond donors (Lipinski definition) is 2. The van der Waals surface area contributed by atoms with E-state index in [1.54, 1.807) is 25.1 Å². The Hall–Kier alpha value is -1.26. The molecule has 1 unspecified atom stereocenters. The third-order valence-corrected chi connectivity index (χ3v) is 4.24. The van der Waals surface area contributed by atoms with Gasteiger partial charge in [-0.1, -0.05) is 30.9 Å². The van der Waals surface area contributed by atoms with Gasteiger partial charge in [-0.15, -0.1) is 0 Å². The average molecular weight is 311 g/mol. The molecular formula is C16H23ClN2O2. The van der Waals surface area contributed by atoms with Crippen molar-refractivity contribution >= 4 is 28.9 Å². The van der Waals surface area contributed by atoms with Crippen LogP contribution < -0.4 is 11.1 Å². The van der Waals surface area contributed by atoms with Gasteiger partial charge in [-0.25, -0.2) is 0 Å². The van der Waals surface area contributed by atoms with Gasteiger partial charge in [0.15, 0.2) is 0 Å². The summed E-state index contributed by atoms with van der Waals surface area (Å²) in [7, 11) is 0. The molecule has 0 aliphatic heterocycles. The second-order valence-electron chi connectivity index (χ2n) is 5.71. The normalized spacial score (nSPS) is 17.4. The van der Waals surface area contributed by atoms with Gasteiger partial charge in [-0.2, -0.15) is 0 Å². The van der Waals surface area contributed by atoms with E-state index in [1.165, 1.54) is 32.1 Å². The van der Waals surface area contributed by atoms with Gasteiger partial charge in [0.1, 0.15) is 6.10 Å². The number of anilines is 2. The largest absolute Gasteiger partial charge is 0.399 e. The van der Waals surface area contributed by atoms with Crippen molar-refractivity contribution in [2.45, 2.75) is 45.1 Å². The fourth-order valence-electron chi connectivity index (χ4n) is 2.58. The maximum atomic E-state index is 12.1. The molecule has 1 aromatic rings. The van der Waals surface area contributed by atoms with Crippen LogP contribution in [0.3, 0.4) is 0 Å². The molecule has 0 saturated heterocycles. The first kappa shape index (κ1) is 16.1. The van der Waals surface area contributed by atoms with Crippen molar-refractivity contribution in [3.8, 4) is 0 Å². The van der Waals surface area contributed by atoms with Gasteiger partial charge in [0.05, 0.1) is 17.3 Å². The Morgan fingerprint density at radius 2 is 2.14 bits per heavy atom. The average Bonchev–Trinajstić information content (AvgIpc) is 2.48. The van der Waals surface area contributed by atoms with E-state index in [2.05, 4.69) is 5.32 Å². The zero-order valence-corrected chi connectivity index (χ0v) is 13.2. The van der Waals surface area contributed by atoms with Crippen molar-refractivity contribution in [1.82, 2.24) is 0 Å². The summed E-state index contributed by atoms with van der Waals surface area (Å²) in [6, 6.07) is 5.02. The second kappa shape index (κ2) is 7.66. The maximum absolute atomic E-state index is 12.1. The Labute approximate surface area is 131 Å². The number of benzene rings is 1. The molecular weight excluding hydrogens is 288 g/mol. The van der Waals surface area contributed by atoms with Crippen LogP contribution in [0.4, 0.5) is 11.4 Å². The summed E-state index contributed by atoms with van der Waals surface area (Å²) in [4.78, 5) is 12.1. The van der Waals surface area contributed by atoms with Gasteiger partial charge in [-0.05, 0) is 43.9 Å². The predicted molar refractivity (Wildman–Crippen MR) is 86.5 cm³/mol.